The number of nitrogens with zero attached hydrogens (tertiary/aromatic N) is 4. The normalized spacial score (nSPS) is 15.4. The number of rotatable bonds is 3. The van der Waals surface area contributed by atoms with Gasteiger partial charge in [-0.25, -0.2) is 4.68 Å². The van der Waals surface area contributed by atoms with Crippen LogP contribution in [0.3, 0.4) is 0 Å². The molecule has 0 spiro atoms. The standard InChI is InChI=1S/C22H22N4OS/c1-16-19-15-20(28-22(19)26(23-16)18-7-3-2-4-8-18)21(27)25-13-9-17(10-14-25)24-11-5-6-12-24/h2-8,11-12,15,17H,9-10,13-14H2,1H3. The molecular weight excluding hydrogens is 368 g/mol. The molecule has 1 fully saturated rings. The minimum absolute atomic E-state index is 0.145. The number of aryl methyl sites for hydroxylation is 1. The first-order valence-corrected chi connectivity index (χ1v) is 10.5. The van der Waals surface area contributed by atoms with E-state index in [2.05, 4.69) is 34.2 Å². The van der Waals surface area contributed by atoms with Gasteiger partial charge >= 0.3 is 0 Å². The fraction of sp³-hybridized carbons (Fsp3) is 0.273. The first kappa shape index (κ1) is 17.3. The van der Waals surface area contributed by atoms with E-state index >= 15 is 0 Å². The summed E-state index contributed by atoms with van der Waals surface area (Å²) in [6.07, 6.45) is 6.24. The van der Waals surface area contributed by atoms with Gasteiger partial charge in [0.2, 0.25) is 0 Å². The largest absolute Gasteiger partial charge is 0.351 e. The zero-order valence-electron chi connectivity index (χ0n) is 15.8. The highest BCUT2D eigenvalue weighted by Gasteiger charge is 2.26. The summed E-state index contributed by atoms with van der Waals surface area (Å²) < 4.78 is 4.21. The van der Waals surface area contributed by atoms with Crippen LogP contribution in [0, 0.1) is 6.92 Å². The zero-order valence-corrected chi connectivity index (χ0v) is 16.6. The van der Waals surface area contributed by atoms with Crippen LogP contribution in [0.1, 0.15) is 34.2 Å². The fourth-order valence-electron chi connectivity index (χ4n) is 4.01. The van der Waals surface area contributed by atoms with E-state index in [0.717, 1.165) is 52.4 Å². The molecule has 1 amide bonds. The van der Waals surface area contributed by atoms with Crippen LogP contribution >= 0.6 is 11.3 Å². The first-order valence-electron chi connectivity index (χ1n) is 9.67. The topological polar surface area (TPSA) is 43.1 Å². The molecule has 5 nitrogen and oxygen atoms in total. The molecule has 1 aromatic carbocycles. The number of benzene rings is 1. The van der Waals surface area contributed by atoms with E-state index in [1.165, 1.54) is 0 Å². The van der Waals surface area contributed by atoms with Crippen LogP contribution in [0.5, 0.6) is 0 Å². The SMILES string of the molecule is Cc1nn(-c2ccccc2)c2sc(C(=O)N3CCC(n4cccc4)CC3)cc12. The molecule has 0 aliphatic carbocycles. The van der Waals surface area contributed by atoms with Crippen molar-refractivity contribution in [2.45, 2.75) is 25.8 Å². The van der Waals surface area contributed by atoms with E-state index in [1.807, 2.05) is 52.9 Å². The average molecular weight is 391 g/mol. The minimum atomic E-state index is 0.145. The minimum Gasteiger partial charge on any atom is -0.351 e. The molecule has 0 atom stereocenters. The summed E-state index contributed by atoms with van der Waals surface area (Å²) in [5.41, 5.74) is 1.98. The van der Waals surface area contributed by atoms with Crippen molar-refractivity contribution in [3.63, 3.8) is 0 Å². The number of hydrogen-bond donors (Lipinski definition) is 0. The first-order chi connectivity index (χ1) is 13.7. The second kappa shape index (κ2) is 6.95. The second-order valence-corrected chi connectivity index (χ2v) is 8.35. The number of fused-ring (bicyclic) bond motifs is 1. The predicted octanol–water partition coefficient (Wildman–Crippen LogP) is 4.67. The Morgan fingerprint density at radius 2 is 1.79 bits per heavy atom. The van der Waals surface area contributed by atoms with Gasteiger partial charge in [-0.1, -0.05) is 18.2 Å². The lowest BCUT2D eigenvalue weighted by molar-refractivity contribution is 0.0699. The molecule has 28 heavy (non-hydrogen) atoms. The van der Waals surface area contributed by atoms with Gasteiger partial charge in [-0.3, -0.25) is 4.79 Å². The van der Waals surface area contributed by atoms with Gasteiger partial charge in [0.15, 0.2) is 0 Å². The Hall–Kier alpha value is -2.86. The molecule has 5 rings (SSSR count). The molecule has 0 N–H and O–H groups in total. The third kappa shape index (κ3) is 2.94. The summed E-state index contributed by atoms with van der Waals surface area (Å²) in [4.78, 5) is 17.0. The van der Waals surface area contributed by atoms with Crippen molar-refractivity contribution in [1.29, 1.82) is 0 Å². The number of aromatic nitrogens is 3. The van der Waals surface area contributed by atoms with Gasteiger partial charge < -0.3 is 9.47 Å². The summed E-state index contributed by atoms with van der Waals surface area (Å²) in [7, 11) is 0. The van der Waals surface area contributed by atoms with Crippen molar-refractivity contribution in [2.24, 2.45) is 0 Å². The maximum Gasteiger partial charge on any atom is 0.264 e. The fourth-order valence-corrected chi connectivity index (χ4v) is 5.16. The number of carbonyl (C=O) groups is 1. The van der Waals surface area contributed by atoms with E-state index in [1.54, 1.807) is 11.3 Å². The van der Waals surface area contributed by atoms with Gasteiger partial charge in [0.05, 0.1) is 16.3 Å². The highest BCUT2D eigenvalue weighted by molar-refractivity contribution is 7.20. The lowest BCUT2D eigenvalue weighted by Gasteiger charge is -2.32. The summed E-state index contributed by atoms with van der Waals surface area (Å²) in [6, 6.07) is 16.7. The lowest BCUT2D eigenvalue weighted by atomic mass is 10.0. The number of thiophene rings is 1. The number of para-hydroxylation sites is 1. The Balaban J connectivity index is 1.39. The number of piperidine rings is 1. The molecule has 0 bridgehead atoms. The summed E-state index contributed by atoms with van der Waals surface area (Å²) >= 11 is 1.54. The molecule has 4 aromatic rings. The molecule has 1 aliphatic heterocycles. The maximum absolute atomic E-state index is 13.1. The number of hydrogen-bond acceptors (Lipinski definition) is 3. The zero-order chi connectivity index (χ0) is 19.1. The van der Waals surface area contributed by atoms with Crippen LogP contribution in [0.2, 0.25) is 0 Å². The molecule has 0 saturated carbocycles. The number of carbonyl (C=O) groups excluding carboxylic acids is 1. The van der Waals surface area contributed by atoms with Crippen molar-refractivity contribution in [1.82, 2.24) is 19.2 Å². The number of likely N-dealkylation sites (tertiary alicyclic amines) is 1. The molecule has 0 unspecified atom stereocenters. The Morgan fingerprint density at radius 1 is 1.07 bits per heavy atom. The lowest BCUT2D eigenvalue weighted by Crippen LogP contribution is -2.38. The van der Waals surface area contributed by atoms with Gasteiger partial charge in [0.25, 0.3) is 5.91 Å². The third-order valence-corrected chi connectivity index (χ3v) is 6.66. The molecular formula is C22H22N4OS. The smallest absolute Gasteiger partial charge is 0.264 e. The maximum atomic E-state index is 13.1. The van der Waals surface area contributed by atoms with Gasteiger partial charge in [-0.05, 0) is 50.1 Å². The van der Waals surface area contributed by atoms with E-state index in [4.69, 9.17) is 0 Å². The van der Waals surface area contributed by atoms with E-state index < -0.39 is 0 Å². The van der Waals surface area contributed by atoms with E-state index in [0.29, 0.717) is 6.04 Å². The molecule has 0 radical (unpaired) electrons. The molecule has 6 heteroatoms. The van der Waals surface area contributed by atoms with Crippen LogP contribution < -0.4 is 0 Å². The number of amides is 1. The second-order valence-electron chi connectivity index (χ2n) is 7.32. The van der Waals surface area contributed by atoms with Gasteiger partial charge in [-0.15, -0.1) is 11.3 Å². The Kier molecular flexibility index (Phi) is 4.28. The molecule has 1 saturated heterocycles. The van der Waals surface area contributed by atoms with Crippen LogP contribution in [0.4, 0.5) is 0 Å². The monoisotopic (exact) mass is 390 g/mol. The Bertz CT molecular complexity index is 1100. The van der Waals surface area contributed by atoms with Crippen LogP contribution in [-0.2, 0) is 0 Å². The van der Waals surface area contributed by atoms with Crippen LogP contribution in [0.25, 0.3) is 15.9 Å². The van der Waals surface area contributed by atoms with E-state index in [9.17, 15) is 4.79 Å². The van der Waals surface area contributed by atoms with Crippen LogP contribution in [0.15, 0.2) is 60.9 Å². The van der Waals surface area contributed by atoms with Crippen molar-refractivity contribution in [3.05, 3.63) is 71.5 Å². The highest BCUT2D eigenvalue weighted by atomic mass is 32.1. The summed E-state index contributed by atoms with van der Waals surface area (Å²) in [5.74, 6) is 0.145. The Labute approximate surface area is 167 Å². The molecule has 1 aliphatic rings. The molecule has 4 heterocycles. The van der Waals surface area contributed by atoms with Crippen molar-refractivity contribution < 1.29 is 4.79 Å². The van der Waals surface area contributed by atoms with Crippen molar-refractivity contribution in [2.75, 3.05) is 13.1 Å². The highest BCUT2D eigenvalue weighted by Crippen LogP contribution is 2.32. The van der Waals surface area contributed by atoms with Gasteiger partial charge in [-0.2, -0.15) is 5.10 Å². The van der Waals surface area contributed by atoms with Crippen LogP contribution in [-0.4, -0.2) is 38.2 Å². The summed E-state index contributed by atoms with van der Waals surface area (Å²) in [6.45, 7) is 3.62. The Morgan fingerprint density at radius 3 is 2.50 bits per heavy atom. The van der Waals surface area contributed by atoms with Crippen molar-refractivity contribution in [3.8, 4) is 5.69 Å². The van der Waals surface area contributed by atoms with E-state index in [-0.39, 0.29) is 5.91 Å². The molecule has 3 aromatic heterocycles. The predicted molar refractivity (Wildman–Crippen MR) is 112 cm³/mol. The van der Waals surface area contributed by atoms with Crippen molar-refractivity contribution >= 4 is 27.5 Å². The molecule has 142 valence electrons. The summed E-state index contributed by atoms with van der Waals surface area (Å²) in [5, 5.41) is 5.74. The van der Waals surface area contributed by atoms with Gasteiger partial charge in [0.1, 0.15) is 4.83 Å². The third-order valence-electron chi connectivity index (χ3n) is 5.56. The van der Waals surface area contributed by atoms with Gasteiger partial charge in [0, 0.05) is 36.9 Å². The average Bonchev–Trinajstić information content (AvgIpc) is 3.47. The quantitative estimate of drug-likeness (QED) is 0.510.